The quantitative estimate of drug-likeness (QED) is 0.512. The molecule has 0 saturated carbocycles. The zero-order chi connectivity index (χ0) is 8.65. The fourth-order valence-corrected chi connectivity index (χ4v) is 0.838. The van der Waals surface area contributed by atoms with Gasteiger partial charge >= 0.3 is 6.03 Å². The van der Waals surface area contributed by atoms with E-state index in [4.69, 9.17) is 12.2 Å². The lowest BCUT2D eigenvalue weighted by atomic mass is 9.91. The van der Waals surface area contributed by atoms with Crippen LogP contribution in [-0.4, -0.2) is 16.9 Å². The van der Waals surface area contributed by atoms with Crippen molar-refractivity contribution in [3.8, 4) is 0 Å². The molecule has 0 spiro atoms. The minimum Gasteiger partial charge on any atom is -0.301 e. The third kappa shape index (κ3) is 1.23. The van der Waals surface area contributed by atoms with Crippen LogP contribution in [0.1, 0.15) is 13.8 Å². The third-order valence-electron chi connectivity index (χ3n) is 1.59. The zero-order valence-electron chi connectivity index (χ0n) is 6.22. The van der Waals surface area contributed by atoms with Gasteiger partial charge in [-0.3, -0.25) is 10.1 Å². The Morgan fingerprint density at radius 3 is 2.27 bits per heavy atom. The lowest BCUT2D eigenvalue weighted by Gasteiger charge is -2.28. The number of thiocarbonyl (C=S) groups is 1. The molecule has 0 aliphatic carbocycles. The summed E-state index contributed by atoms with van der Waals surface area (Å²) >= 11 is 4.80. The summed E-state index contributed by atoms with van der Waals surface area (Å²) in [6.45, 7) is 3.31. The van der Waals surface area contributed by atoms with Crippen molar-refractivity contribution in [1.29, 1.82) is 0 Å². The van der Waals surface area contributed by atoms with Crippen molar-refractivity contribution < 1.29 is 9.59 Å². The number of amides is 3. The summed E-state index contributed by atoms with van der Waals surface area (Å²) in [6, 6.07) is -0.542. The molecule has 1 saturated heterocycles. The number of hydrogen-bond acceptors (Lipinski definition) is 3. The maximum Gasteiger partial charge on any atom is 0.326 e. The molecule has 1 rings (SSSR count). The maximum absolute atomic E-state index is 11.1. The second-order valence-corrected chi connectivity index (χ2v) is 3.27. The fourth-order valence-electron chi connectivity index (χ4n) is 0.653. The Bertz CT molecular complexity index is 225. The van der Waals surface area contributed by atoms with E-state index in [0.29, 0.717) is 0 Å². The molecule has 0 aromatic rings. The van der Waals surface area contributed by atoms with E-state index >= 15 is 0 Å². The molecule has 4 nitrogen and oxygen atoms in total. The van der Waals surface area contributed by atoms with Crippen LogP contribution in [0, 0.1) is 5.41 Å². The van der Waals surface area contributed by atoms with Crippen LogP contribution in [0.3, 0.4) is 0 Å². The first-order chi connectivity index (χ1) is 4.94. The average molecular weight is 172 g/mol. The monoisotopic (exact) mass is 172 g/mol. The number of hydrogen-bond donors (Lipinski definition) is 2. The van der Waals surface area contributed by atoms with Gasteiger partial charge in [0.15, 0.2) is 0 Å². The van der Waals surface area contributed by atoms with Gasteiger partial charge in [-0.2, -0.15) is 0 Å². The van der Waals surface area contributed by atoms with Gasteiger partial charge in [-0.05, 0) is 13.8 Å². The molecule has 0 aromatic heterocycles. The van der Waals surface area contributed by atoms with E-state index in [1.54, 1.807) is 13.8 Å². The van der Waals surface area contributed by atoms with Crippen molar-refractivity contribution in [2.24, 2.45) is 5.41 Å². The second kappa shape index (κ2) is 2.27. The summed E-state index contributed by atoms with van der Waals surface area (Å²) in [6.07, 6.45) is 0. The first-order valence-electron chi connectivity index (χ1n) is 3.11. The number of urea groups is 1. The summed E-state index contributed by atoms with van der Waals surface area (Å²) in [5, 5.41) is 4.48. The molecule has 1 aliphatic heterocycles. The molecule has 11 heavy (non-hydrogen) atoms. The van der Waals surface area contributed by atoms with E-state index in [2.05, 4.69) is 10.6 Å². The minimum absolute atomic E-state index is 0.270. The van der Waals surface area contributed by atoms with Crippen LogP contribution >= 0.6 is 12.2 Å². The third-order valence-corrected chi connectivity index (χ3v) is 2.20. The number of carbonyl (C=O) groups is 2. The van der Waals surface area contributed by atoms with Crippen molar-refractivity contribution in [3.05, 3.63) is 0 Å². The van der Waals surface area contributed by atoms with Crippen molar-refractivity contribution in [1.82, 2.24) is 10.6 Å². The van der Waals surface area contributed by atoms with Crippen LogP contribution in [0.2, 0.25) is 0 Å². The molecule has 3 amide bonds. The highest BCUT2D eigenvalue weighted by molar-refractivity contribution is 7.80. The van der Waals surface area contributed by atoms with E-state index in [1.165, 1.54) is 0 Å². The van der Waals surface area contributed by atoms with Crippen molar-refractivity contribution in [2.75, 3.05) is 0 Å². The molecule has 0 aromatic carbocycles. The van der Waals surface area contributed by atoms with Gasteiger partial charge in [0.25, 0.3) is 0 Å². The predicted octanol–water partition coefficient (Wildman–Crippen LogP) is 0.179. The standard InChI is InChI=1S/C6H8N2O2S/c1-6(2)3(9)7-5(10)8-4(6)11/h1-2H3,(H2,7,8,9,10,11). The normalized spacial score (nSPS) is 22.5. The van der Waals surface area contributed by atoms with Crippen LogP contribution < -0.4 is 10.6 Å². The summed E-state index contributed by atoms with van der Waals surface area (Å²) in [7, 11) is 0. The Balaban J connectivity index is 2.93. The van der Waals surface area contributed by atoms with Crippen LogP contribution in [0.5, 0.6) is 0 Å². The van der Waals surface area contributed by atoms with Gasteiger partial charge in [-0.15, -0.1) is 0 Å². The molecule has 0 unspecified atom stereocenters. The molecule has 0 bridgehead atoms. The topological polar surface area (TPSA) is 58.2 Å². The number of imide groups is 1. The van der Waals surface area contributed by atoms with Crippen molar-refractivity contribution >= 4 is 29.1 Å². The Morgan fingerprint density at radius 2 is 1.82 bits per heavy atom. The summed E-state index contributed by atoms with van der Waals surface area (Å²) in [4.78, 5) is 22.0. The smallest absolute Gasteiger partial charge is 0.301 e. The molecule has 5 heteroatoms. The minimum atomic E-state index is -0.775. The Hall–Kier alpha value is -0.970. The lowest BCUT2D eigenvalue weighted by Crippen LogP contribution is -2.59. The van der Waals surface area contributed by atoms with Crippen LogP contribution in [-0.2, 0) is 4.79 Å². The number of rotatable bonds is 0. The molecule has 1 fully saturated rings. The lowest BCUT2D eigenvalue weighted by molar-refractivity contribution is -0.125. The first kappa shape index (κ1) is 8.13. The molecule has 2 N–H and O–H groups in total. The fraction of sp³-hybridized carbons (Fsp3) is 0.500. The highest BCUT2D eigenvalue weighted by Crippen LogP contribution is 2.18. The maximum atomic E-state index is 11.1. The Kier molecular flexibility index (Phi) is 1.67. The van der Waals surface area contributed by atoms with Crippen molar-refractivity contribution in [3.63, 3.8) is 0 Å². The largest absolute Gasteiger partial charge is 0.326 e. The van der Waals surface area contributed by atoms with Gasteiger partial charge in [0.05, 0.1) is 10.4 Å². The molecule has 60 valence electrons. The van der Waals surface area contributed by atoms with Gasteiger partial charge in [0.1, 0.15) is 0 Å². The SMILES string of the molecule is CC1(C)C(=O)NC(=O)NC1=S. The van der Waals surface area contributed by atoms with Gasteiger partial charge in [0.2, 0.25) is 5.91 Å². The number of carbonyl (C=O) groups excluding carboxylic acids is 2. The van der Waals surface area contributed by atoms with E-state index < -0.39 is 11.4 Å². The summed E-state index contributed by atoms with van der Waals surface area (Å²) in [5.74, 6) is -0.355. The molecule has 0 radical (unpaired) electrons. The van der Waals surface area contributed by atoms with Gasteiger partial charge in [-0.25, -0.2) is 4.79 Å². The highest BCUT2D eigenvalue weighted by Gasteiger charge is 2.38. The van der Waals surface area contributed by atoms with Gasteiger partial charge in [-0.1, -0.05) is 12.2 Å². The molecule has 0 atom stereocenters. The molecular weight excluding hydrogens is 164 g/mol. The van der Waals surface area contributed by atoms with E-state index in [1.807, 2.05) is 0 Å². The molecular formula is C6H8N2O2S. The molecule has 1 aliphatic rings. The van der Waals surface area contributed by atoms with E-state index in [0.717, 1.165) is 0 Å². The second-order valence-electron chi connectivity index (χ2n) is 2.86. The average Bonchev–Trinajstić information content (AvgIpc) is 1.84. The Labute approximate surface area is 69.3 Å². The van der Waals surface area contributed by atoms with Gasteiger partial charge in [0, 0.05) is 0 Å². The van der Waals surface area contributed by atoms with Crippen molar-refractivity contribution in [2.45, 2.75) is 13.8 Å². The predicted molar refractivity (Wildman–Crippen MR) is 43.1 cm³/mol. The number of nitrogens with one attached hydrogen (secondary N) is 2. The van der Waals surface area contributed by atoms with Crippen LogP contribution in [0.25, 0.3) is 0 Å². The first-order valence-corrected chi connectivity index (χ1v) is 3.52. The zero-order valence-corrected chi connectivity index (χ0v) is 7.04. The van der Waals surface area contributed by atoms with E-state index in [-0.39, 0.29) is 10.9 Å². The van der Waals surface area contributed by atoms with Gasteiger partial charge < -0.3 is 5.32 Å². The van der Waals surface area contributed by atoms with E-state index in [9.17, 15) is 9.59 Å². The summed E-state index contributed by atoms with van der Waals surface area (Å²) < 4.78 is 0. The van der Waals surface area contributed by atoms with Crippen LogP contribution in [0.4, 0.5) is 4.79 Å². The Morgan fingerprint density at radius 1 is 1.27 bits per heavy atom. The van der Waals surface area contributed by atoms with Crippen LogP contribution in [0.15, 0.2) is 0 Å². The molecule has 1 heterocycles. The summed E-state index contributed by atoms with van der Waals surface area (Å²) in [5.41, 5.74) is -0.775. The highest BCUT2D eigenvalue weighted by atomic mass is 32.1.